The van der Waals surface area contributed by atoms with Crippen LogP contribution in [-0.4, -0.2) is 35.7 Å². The van der Waals surface area contributed by atoms with E-state index >= 15 is 0 Å². The number of thioether (sulfide) groups is 1. The third-order valence-corrected chi connectivity index (χ3v) is 5.49. The maximum absolute atomic E-state index is 12.4. The average molecular weight is 371 g/mol. The van der Waals surface area contributed by atoms with Gasteiger partial charge in [0.1, 0.15) is 0 Å². The predicted molar refractivity (Wildman–Crippen MR) is 101 cm³/mol. The van der Waals surface area contributed by atoms with Gasteiger partial charge in [0.2, 0.25) is 5.91 Å². The van der Waals surface area contributed by atoms with E-state index in [0.29, 0.717) is 12.3 Å². The summed E-state index contributed by atoms with van der Waals surface area (Å²) in [5.74, 6) is 0.600. The van der Waals surface area contributed by atoms with E-state index in [1.54, 1.807) is 11.8 Å². The molecule has 0 saturated carbocycles. The average Bonchev–Trinajstić information content (AvgIpc) is 3.01. The molecule has 2 N–H and O–H groups in total. The van der Waals surface area contributed by atoms with Crippen LogP contribution in [0.2, 0.25) is 5.02 Å². The topological polar surface area (TPSA) is 46.3 Å². The fourth-order valence-corrected chi connectivity index (χ4v) is 4.35. The predicted octanol–water partition coefficient (Wildman–Crippen LogP) is 3.96. The van der Waals surface area contributed by atoms with Crippen molar-refractivity contribution in [3.05, 3.63) is 41.4 Å². The van der Waals surface area contributed by atoms with Crippen molar-refractivity contribution in [3.63, 3.8) is 0 Å². The molecule has 0 aromatic heterocycles. The number of carbonyl (C=O) groups excluding carboxylic acids is 1. The number of hydrogen-bond donors (Lipinski definition) is 1. The number of halogens is 2. The molecule has 2 aromatic rings. The maximum atomic E-state index is 12.4. The van der Waals surface area contributed by atoms with Gasteiger partial charge in [0, 0.05) is 34.4 Å². The number of hydrogen-bond acceptors (Lipinski definition) is 3. The molecule has 2 aromatic carbocycles. The summed E-state index contributed by atoms with van der Waals surface area (Å²) >= 11 is 7.88. The van der Waals surface area contributed by atoms with E-state index in [4.69, 9.17) is 17.3 Å². The van der Waals surface area contributed by atoms with Crippen molar-refractivity contribution < 1.29 is 4.79 Å². The molecule has 1 saturated heterocycles. The minimum absolute atomic E-state index is 0. The lowest BCUT2D eigenvalue weighted by atomic mass is 10.1. The van der Waals surface area contributed by atoms with Crippen LogP contribution >= 0.6 is 35.8 Å². The van der Waals surface area contributed by atoms with E-state index in [2.05, 4.69) is 0 Å². The highest BCUT2D eigenvalue weighted by atomic mass is 35.5. The van der Waals surface area contributed by atoms with Gasteiger partial charge in [-0.3, -0.25) is 4.79 Å². The highest BCUT2D eigenvalue weighted by Crippen LogP contribution is 2.33. The number of benzene rings is 2. The summed E-state index contributed by atoms with van der Waals surface area (Å²) in [6.07, 6.45) is 2.07. The van der Waals surface area contributed by atoms with Crippen LogP contribution in [0.25, 0.3) is 10.8 Å². The van der Waals surface area contributed by atoms with Crippen LogP contribution in [0.3, 0.4) is 0 Å². The number of nitrogens with two attached hydrogens (primary N) is 1. The Morgan fingerprint density at radius 3 is 2.78 bits per heavy atom. The van der Waals surface area contributed by atoms with Crippen molar-refractivity contribution in [3.8, 4) is 0 Å². The molecule has 0 spiro atoms. The molecule has 1 aliphatic rings. The van der Waals surface area contributed by atoms with Gasteiger partial charge in [-0.05, 0) is 30.4 Å². The van der Waals surface area contributed by atoms with E-state index in [-0.39, 0.29) is 24.4 Å². The van der Waals surface area contributed by atoms with Crippen molar-refractivity contribution in [2.75, 3.05) is 18.8 Å². The number of likely N-dealkylation sites (tertiary alicyclic amines) is 1. The summed E-state index contributed by atoms with van der Waals surface area (Å²) in [5.41, 5.74) is 5.75. The molecule has 6 heteroatoms. The highest BCUT2D eigenvalue weighted by molar-refractivity contribution is 8.00. The minimum atomic E-state index is 0. The molecule has 1 aliphatic heterocycles. The molecule has 3 nitrogen and oxygen atoms in total. The van der Waals surface area contributed by atoms with Gasteiger partial charge in [-0.15, -0.1) is 24.2 Å². The third kappa shape index (κ3) is 3.94. The zero-order valence-electron chi connectivity index (χ0n) is 12.7. The van der Waals surface area contributed by atoms with Crippen LogP contribution in [0, 0.1) is 0 Å². The smallest absolute Gasteiger partial charge is 0.233 e. The van der Waals surface area contributed by atoms with Crippen LogP contribution < -0.4 is 5.73 Å². The quantitative estimate of drug-likeness (QED) is 0.828. The first kappa shape index (κ1) is 18.4. The number of fused-ring (bicyclic) bond motifs is 1. The Morgan fingerprint density at radius 1 is 1.30 bits per heavy atom. The van der Waals surface area contributed by atoms with Crippen molar-refractivity contribution in [1.29, 1.82) is 0 Å². The van der Waals surface area contributed by atoms with Gasteiger partial charge < -0.3 is 10.6 Å². The Kier molecular flexibility index (Phi) is 6.60. The fraction of sp³-hybridized carbons (Fsp3) is 0.353. The monoisotopic (exact) mass is 370 g/mol. The van der Waals surface area contributed by atoms with E-state index < -0.39 is 0 Å². The van der Waals surface area contributed by atoms with Crippen molar-refractivity contribution >= 4 is 52.4 Å². The standard InChI is InChI=1S/C17H19ClN2OS.ClH/c18-14-7-1-4-12-5-2-8-15(17(12)14)22-11-16(21)20-9-3-6-13(20)10-19;/h1-2,4-5,7-8,13H,3,6,9-11,19H2;1H. The van der Waals surface area contributed by atoms with Crippen molar-refractivity contribution in [2.45, 2.75) is 23.8 Å². The van der Waals surface area contributed by atoms with E-state index in [1.165, 1.54) is 0 Å². The molecule has 1 amide bonds. The molecule has 1 heterocycles. The van der Waals surface area contributed by atoms with Crippen LogP contribution in [0.1, 0.15) is 12.8 Å². The lowest BCUT2D eigenvalue weighted by molar-refractivity contribution is -0.128. The van der Waals surface area contributed by atoms with E-state index in [1.807, 2.05) is 41.3 Å². The maximum Gasteiger partial charge on any atom is 0.233 e. The van der Waals surface area contributed by atoms with Gasteiger partial charge in [-0.1, -0.05) is 35.9 Å². The lowest BCUT2D eigenvalue weighted by Gasteiger charge is -2.23. The molecule has 3 rings (SSSR count). The number of nitrogens with zero attached hydrogens (tertiary/aromatic N) is 1. The summed E-state index contributed by atoms with van der Waals surface area (Å²) in [6.45, 7) is 1.38. The zero-order valence-corrected chi connectivity index (χ0v) is 15.1. The first-order valence-corrected chi connectivity index (χ1v) is 8.86. The molecular weight excluding hydrogens is 351 g/mol. The van der Waals surface area contributed by atoms with Gasteiger partial charge in [0.25, 0.3) is 0 Å². The second-order valence-corrected chi connectivity index (χ2v) is 6.93. The Hall–Kier alpha value is -0.940. The summed E-state index contributed by atoms with van der Waals surface area (Å²) in [7, 11) is 0. The molecule has 1 atom stereocenters. The van der Waals surface area contributed by atoms with Gasteiger partial charge in [0.05, 0.1) is 5.75 Å². The fourth-order valence-electron chi connectivity index (χ4n) is 3.01. The Morgan fingerprint density at radius 2 is 2.04 bits per heavy atom. The first-order chi connectivity index (χ1) is 10.7. The number of amides is 1. The summed E-state index contributed by atoms with van der Waals surface area (Å²) < 4.78 is 0. The summed E-state index contributed by atoms with van der Waals surface area (Å²) in [4.78, 5) is 15.4. The largest absolute Gasteiger partial charge is 0.338 e. The van der Waals surface area contributed by atoms with Crippen molar-refractivity contribution in [2.24, 2.45) is 5.73 Å². The molecule has 23 heavy (non-hydrogen) atoms. The highest BCUT2D eigenvalue weighted by Gasteiger charge is 2.27. The van der Waals surface area contributed by atoms with Gasteiger partial charge >= 0.3 is 0 Å². The SMILES string of the molecule is Cl.NCC1CCCN1C(=O)CSc1cccc2cccc(Cl)c12. The lowest BCUT2D eigenvalue weighted by Crippen LogP contribution is -2.40. The van der Waals surface area contributed by atoms with Crippen LogP contribution in [0.5, 0.6) is 0 Å². The number of carbonyl (C=O) groups is 1. The molecule has 1 fully saturated rings. The van der Waals surface area contributed by atoms with Crippen molar-refractivity contribution in [1.82, 2.24) is 4.90 Å². The minimum Gasteiger partial charge on any atom is -0.338 e. The summed E-state index contributed by atoms with van der Waals surface area (Å²) in [6, 6.07) is 12.2. The molecule has 0 radical (unpaired) electrons. The normalized spacial score (nSPS) is 17.3. The molecule has 1 unspecified atom stereocenters. The van der Waals surface area contributed by atoms with Gasteiger partial charge in [-0.25, -0.2) is 0 Å². The Bertz CT molecular complexity index is 690. The van der Waals surface area contributed by atoms with E-state index in [9.17, 15) is 4.79 Å². The summed E-state index contributed by atoms with van der Waals surface area (Å²) in [5, 5.41) is 2.86. The van der Waals surface area contributed by atoms with Gasteiger partial charge in [0.15, 0.2) is 0 Å². The Labute approximate surface area is 152 Å². The van der Waals surface area contributed by atoms with E-state index in [0.717, 1.165) is 40.1 Å². The second-order valence-electron chi connectivity index (χ2n) is 5.50. The van der Waals surface area contributed by atoms with Crippen LogP contribution in [0.15, 0.2) is 41.3 Å². The molecule has 124 valence electrons. The molecule has 0 aliphatic carbocycles. The second kappa shape index (κ2) is 8.25. The van der Waals surface area contributed by atoms with Gasteiger partial charge in [-0.2, -0.15) is 0 Å². The first-order valence-electron chi connectivity index (χ1n) is 7.50. The molecular formula is C17H20Cl2N2OS. The van der Waals surface area contributed by atoms with Crippen LogP contribution in [0.4, 0.5) is 0 Å². The third-order valence-electron chi connectivity index (χ3n) is 4.14. The van der Waals surface area contributed by atoms with Crippen LogP contribution in [-0.2, 0) is 4.79 Å². The zero-order chi connectivity index (χ0) is 15.5. The molecule has 0 bridgehead atoms. The number of rotatable bonds is 4. The Balaban J connectivity index is 0.00000192.